The van der Waals surface area contributed by atoms with Crippen LogP contribution in [0, 0.1) is 5.92 Å². The number of hydrogen-bond donors (Lipinski definition) is 1. The smallest absolute Gasteiger partial charge is 0.244 e. The minimum absolute atomic E-state index is 0.0113. The fourth-order valence-electron chi connectivity index (χ4n) is 1.90. The predicted octanol–water partition coefficient (Wildman–Crippen LogP) is 3.54. The van der Waals surface area contributed by atoms with Crippen molar-refractivity contribution in [2.45, 2.75) is 38.7 Å². The molecule has 0 aliphatic carbocycles. The van der Waals surface area contributed by atoms with Gasteiger partial charge in [-0.3, -0.25) is 0 Å². The van der Waals surface area contributed by atoms with Crippen LogP contribution >= 0.6 is 23.2 Å². The van der Waals surface area contributed by atoms with Gasteiger partial charge in [0.05, 0.1) is 11.6 Å². The molecule has 0 saturated heterocycles. The number of rotatable bonds is 7. The molecule has 1 aromatic carbocycles. The van der Waals surface area contributed by atoms with Crippen LogP contribution in [0.1, 0.15) is 32.8 Å². The molecule has 0 amide bonds. The Labute approximate surface area is 136 Å². The monoisotopic (exact) mass is 353 g/mol. The molecule has 1 N–H and O–H groups in total. The van der Waals surface area contributed by atoms with Crippen LogP contribution in [0.25, 0.3) is 0 Å². The first-order valence-electron chi connectivity index (χ1n) is 6.86. The van der Waals surface area contributed by atoms with Crippen molar-refractivity contribution in [3.63, 3.8) is 0 Å². The van der Waals surface area contributed by atoms with Gasteiger partial charge in [0.2, 0.25) is 10.0 Å². The Bertz CT molecular complexity index is 590. The maximum Gasteiger partial charge on any atom is 0.244 e. The van der Waals surface area contributed by atoms with Gasteiger partial charge in [0, 0.05) is 18.1 Å². The van der Waals surface area contributed by atoms with Gasteiger partial charge < -0.3 is 5.11 Å². The van der Waals surface area contributed by atoms with E-state index in [1.54, 1.807) is 6.92 Å². The van der Waals surface area contributed by atoms with Gasteiger partial charge >= 0.3 is 0 Å². The van der Waals surface area contributed by atoms with Gasteiger partial charge in [0.25, 0.3) is 0 Å². The van der Waals surface area contributed by atoms with Crippen molar-refractivity contribution in [1.82, 2.24) is 4.31 Å². The zero-order valence-electron chi connectivity index (χ0n) is 12.4. The maximum absolute atomic E-state index is 12.7. The van der Waals surface area contributed by atoms with Gasteiger partial charge in [0.1, 0.15) is 4.90 Å². The van der Waals surface area contributed by atoms with Crippen molar-refractivity contribution in [2.24, 2.45) is 5.92 Å². The van der Waals surface area contributed by atoms with Crippen molar-refractivity contribution in [3.8, 4) is 0 Å². The lowest BCUT2D eigenvalue weighted by Crippen LogP contribution is -2.34. The predicted molar refractivity (Wildman–Crippen MR) is 86.3 cm³/mol. The second kappa shape index (κ2) is 7.79. The summed E-state index contributed by atoms with van der Waals surface area (Å²) < 4.78 is 26.9. The third-order valence-electron chi connectivity index (χ3n) is 3.45. The number of nitrogens with zero attached hydrogens (tertiary/aromatic N) is 1. The molecule has 1 rings (SSSR count). The van der Waals surface area contributed by atoms with E-state index in [0.29, 0.717) is 18.7 Å². The van der Waals surface area contributed by atoms with Crippen LogP contribution in [0.3, 0.4) is 0 Å². The quantitative estimate of drug-likeness (QED) is 0.815. The molecule has 1 unspecified atom stereocenters. The molecular formula is C14H21Cl2NO3S. The zero-order valence-corrected chi connectivity index (χ0v) is 14.8. The number of halogens is 2. The summed E-state index contributed by atoms with van der Waals surface area (Å²) in [7, 11) is -3.70. The highest BCUT2D eigenvalue weighted by atomic mass is 35.5. The summed E-state index contributed by atoms with van der Waals surface area (Å²) in [6, 6.07) is 2.71. The van der Waals surface area contributed by atoms with Crippen LogP contribution in [0.4, 0.5) is 0 Å². The highest BCUT2D eigenvalue weighted by Crippen LogP contribution is 2.31. The standard InChI is InChI=1S/C14H21Cl2NO3S/c1-4-10(3)8-17(5-2)21(19,20)14-6-11(9-18)12(15)7-13(14)16/h6-7,10,18H,4-5,8-9H2,1-3H3. The second-order valence-electron chi connectivity index (χ2n) is 5.00. The molecule has 21 heavy (non-hydrogen) atoms. The average Bonchev–Trinajstić information content (AvgIpc) is 2.43. The maximum atomic E-state index is 12.7. The summed E-state index contributed by atoms with van der Waals surface area (Å²) in [5.74, 6) is 0.253. The number of sulfonamides is 1. The van der Waals surface area contributed by atoms with Crippen LogP contribution in [0.2, 0.25) is 10.0 Å². The Balaban J connectivity index is 3.28. The van der Waals surface area contributed by atoms with Crippen LogP contribution in [-0.4, -0.2) is 30.9 Å². The van der Waals surface area contributed by atoms with Gasteiger partial charge in [-0.25, -0.2) is 8.42 Å². The fraction of sp³-hybridized carbons (Fsp3) is 0.571. The molecule has 0 aliphatic heterocycles. The first-order chi connectivity index (χ1) is 9.77. The van der Waals surface area contributed by atoms with Crippen LogP contribution in [-0.2, 0) is 16.6 Å². The second-order valence-corrected chi connectivity index (χ2v) is 7.72. The van der Waals surface area contributed by atoms with E-state index in [2.05, 4.69) is 0 Å². The van der Waals surface area contributed by atoms with E-state index in [0.717, 1.165) is 6.42 Å². The summed E-state index contributed by atoms with van der Waals surface area (Å²) in [5.41, 5.74) is 0.347. The van der Waals surface area contributed by atoms with Crippen molar-refractivity contribution >= 4 is 33.2 Å². The van der Waals surface area contributed by atoms with Gasteiger partial charge in [-0.1, -0.05) is 50.4 Å². The average molecular weight is 354 g/mol. The zero-order chi connectivity index (χ0) is 16.2. The first kappa shape index (κ1) is 18.7. The summed E-state index contributed by atoms with van der Waals surface area (Å²) in [6.45, 7) is 6.26. The van der Waals surface area contributed by atoms with E-state index in [-0.39, 0.29) is 27.5 Å². The molecule has 0 spiro atoms. The molecule has 0 aliphatic rings. The van der Waals surface area contributed by atoms with Gasteiger partial charge in [-0.05, 0) is 23.6 Å². The van der Waals surface area contributed by atoms with Gasteiger partial charge in [0.15, 0.2) is 0 Å². The minimum Gasteiger partial charge on any atom is -0.392 e. The third-order valence-corrected chi connectivity index (χ3v) is 6.21. The Morgan fingerprint density at radius 2 is 1.86 bits per heavy atom. The summed E-state index contributed by atoms with van der Waals surface area (Å²) in [4.78, 5) is -0.0113. The summed E-state index contributed by atoms with van der Waals surface area (Å²) in [5, 5.41) is 9.57. The lowest BCUT2D eigenvalue weighted by Gasteiger charge is -2.24. The molecule has 0 radical (unpaired) electrons. The van der Waals surface area contributed by atoms with E-state index in [1.165, 1.54) is 16.4 Å². The van der Waals surface area contributed by atoms with E-state index in [4.69, 9.17) is 23.2 Å². The Morgan fingerprint density at radius 1 is 1.24 bits per heavy atom. The minimum atomic E-state index is -3.70. The third kappa shape index (κ3) is 4.33. The summed E-state index contributed by atoms with van der Waals surface area (Å²) >= 11 is 12.0. The van der Waals surface area contributed by atoms with Gasteiger partial charge in [-0.2, -0.15) is 4.31 Å². The lowest BCUT2D eigenvalue weighted by atomic mass is 10.1. The van der Waals surface area contributed by atoms with E-state index >= 15 is 0 Å². The topological polar surface area (TPSA) is 57.6 Å². The van der Waals surface area contributed by atoms with Crippen molar-refractivity contribution in [3.05, 3.63) is 27.7 Å². The molecule has 0 fully saturated rings. The molecule has 4 nitrogen and oxygen atoms in total. The van der Waals surface area contributed by atoms with Crippen molar-refractivity contribution in [2.75, 3.05) is 13.1 Å². The molecule has 1 atom stereocenters. The lowest BCUT2D eigenvalue weighted by molar-refractivity contribution is 0.281. The Morgan fingerprint density at radius 3 is 2.33 bits per heavy atom. The molecule has 0 heterocycles. The molecule has 0 saturated carbocycles. The van der Waals surface area contributed by atoms with Crippen LogP contribution < -0.4 is 0 Å². The molecular weight excluding hydrogens is 333 g/mol. The number of aliphatic hydroxyl groups excluding tert-OH is 1. The van der Waals surface area contributed by atoms with Crippen molar-refractivity contribution < 1.29 is 13.5 Å². The van der Waals surface area contributed by atoms with E-state index < -0.39 is 10.0 Å². The Kier molecular flexibility index (Phi) is 6.94. The fourth-order valence-corrected chi connectivity index (χ4v) is 4.30. The SMILES string of the molecule is CCC(C)CN(CC)S(=O)(=O)c1cc(CO)c(Cl)cc1Cl. The largest absolute Gasteiger partial charge is 0.392 e. The molecule has 120 valence electrons. The highest BCUT2D eigenvalue weighted by Gasteiger charge is 2.27. The van der Waals surface area contributed by atoms with Gasteiger partial charge in [-0.15, -0.1) is 0 Å². The molecule has 7 heteroatoms. The molecule has 0 bridgehead atoms. The van der Waals surface area contributed by atoms with Crippen LogP contribution in [0.5, 0.6) is 0 Å². The molecule has 0 aromatic heterocycles. The van der Waals surface area contributed by atoms with E-state index in [1.807, 2.05) is 13.8 Å². The Hall–Kier alpha value is -0.330. The van der Waals surface area contributed by atoms with Crippen molar-refractivity contribution in [1.29, 1.82) is 0 Å². The number of aliphatic hydroxyl groups is 1. The number of benzene rings is 1. The number of hydrogen-bond acceptors (Lipinski definition) is 3. The first-order valence-corrected chi connectivity index (χ1v) is 9.06. The normalized spacial score (nSPS) is 13.7. The highest BCUT2D eigenvalue weighted by molar-refractivity contribution is 7.89. The summed E-state index contributed by atoms with van der Waals surface area (Å²) in [6.07, 6.45) is 0.891. The van der Waals surface area contributed by atoms with Crippen LogP contribution in [0.15, 0.2) is 17.0 Å². The van der Waals surface area contributed by atoms with E-state index in [9.17, 15) is 13.5 Å². The molecule has 1 aromatic rings.